The predicted molar refractivity (Wildman–Crippen MR) is 81.2 cm³/mol. The van der Waals surface area contributed by atoms with Gasteiger partial charge < -0.3 is 10.2 Å². The molecule has 2 N–H and O–H groups in total. The van der Waals surface area contributed by atoms with E-state index in [0.29, 0.717) is 13.0 Å². The average Bonchev–Trinajstić information content (AvgIpc) is 3.13. The van der Waals surface area contributed by atoms with Gasteiger partial charge in [0.2, 0.25) is 0 Å². The fourth-order valence-electron chi connectivity index (χ4n) is 3.39. The van der Waals surface area contributed by atoms with Crippen LogP contribution in [-0.2, 0) is 11.2 Å². The molecule has 0 radical (unpaired) electrons. The van der Waals surface area contributed by atoms with Crippen LogP contribution in [0.1, 0.15) is 32.3 Å². The maximum absolute atomic E-state index is 12.6. The first-order valence-corrected chi connectivity index (χ1v) is 7.88. The Morgan fingerprint density at radius 2 is 2.23 bits per heavy atom. The van der Waals surface area contributed by atoms with E-state index >= 15 is 0 Å². The first-order valence-electron chi connectivity index (χ1n) is 7.88. The second-order valence-corrected chi connectivity index (χ2v) is 6.52. The lowest BCUT2D eigenvalue weighted by Gasteiger charge is -2.23. The van der Waals surface area contributed by atoms with Gasteiger partial charge in [0.05, 0.1) is 6.20 Å². The Morgan fingerprint density at radius 3 is 2.86 bits per heavy atom. The van der Waals surface area contributed by atoms with Crippen molar-refractivity contribution in [3.05, 3.63) is 18.0 Å². The number of hydrogen-bond donors (Lipinski definition) is 2. The third-order valence-electron chi connectivity index (χ3n) is 4.55. The normalized spacial score (nSPS) is 25.7. The molecular weight excluding hydrogens is 282 g/mol. The Kier molecular flexibility index (Phi) is 3.90. The van der Waals surface area contributed by atoms with Crippen LogP contribution < -0.4 is 5.32 Å². The van der Waals surface area contributed by atoms with Crippen LogP contribution in [0.5, 0.6) is 0 Å². The molecule has 1 spiro atoms. The number of likely N-dealkylation sites (tertiary alicyclic amines) is 1. The Hall–Kier alpha value is -1.89. The van der Waals surface area contributed by atoms with E-state index in [2.05, 4.69) is 20.4 Å². The Labute approximate surface area is 130 Å². The Bertz CT molecular complexity index is 556. The number of amides is 3. The minimum atomic E-state index is -0.697. The lowest BCUT2D eigenvalue weighted by atomic mass is 9.98. The first-order chi connectivity index (χ1) is 10.5. The van der Waals surface area contributed by atoms with Gasteiger partial charge in [0, 0.05) is 25.3 Å². The number of carbonyl (C=O) groups is 2. The predicted octanol–water partition coefficient (Wildman–Crippen LogP) is 0.747. The van der Waals surface area contributed by atoms with E-state index in [9.17, 15) is 9.59 Å². The van der Waals surface area contributed by atoms with Crippen molar-refractivity contribution in [2.24, 2.45) is 0 Å². The van der Waals surface area contributed by atoms with Crippen molar-refractivity contribution >= 4 is 11.9 Å². The smallest absolute Gasteiger partial charge is 0.322 e. The van der Waals surface area contributed by atoms with Gasteiger partial charge in [-0.2, -0.15) is 5.10 Å². The molecule has 2 saturated heterocycles. The number of aryl methyl sites for hydroxylation is 1. The van der Waals surface area contributed by atoms with Gasteiger partial charge in [0.15, 0.2) is 0 Å². The van der Waals surface area contributed by atoms with Crippen molar-refractivity contribution in [3.63, 3.8) is 0 Å². The third kappa shape index (κ3) is 2.61. The van der Waals surface area contributed by atoms with Crippen molar-refractivity contribution in [2.45, 2.75) is 44.7 Å². The van der Waals surface area contributed by atoms with Gasteiger partial charge >= 0.3 is 6.03 Å². The molecule has 0 saturated carbocycles. The topological polar surface area (TPSA) is 81.3 Å². The number of hydrogen-bond acceptors (Lipinski definition) is 4. The number of urea groups is 1. The number of aromatic nitrogens is 2. The standard InChI is InChI=1S/C15H23N5O2/c1-11(2)20-13(21)15(18-14(20)22)5-7-19(10-15)6-3-4-12-8-16-17-9-12/h8-9,11H,3-7,10H2,1-2H3,(H,16,17)(H,18,22)/t15-/m1/s1. The summed E-state index contributed by atoms with van der Waals surface area (Å²) in [5.41, 5.74) is 0.502. The molecule has 3 rings (SSSR count). The van der Waals surface area contributed by atoms with Gasteiger partial charge in [0.25, 0.3) is 5.91 Å². The molecular formula is C15H23N5O2. The number of imide groups is 1. The summed E-state index contributed by atoms with van der Waals surface area (Å²) >= 11 is 0. The summed E-state index contributed by atoms with van der Waals surface area (Å²) in [4.78, 5) is 28.2. The molecule has 2 aliphatic heterocycles. The minimum absolute atomic E-state index is 0.0650. The van der Waals surface area contributed by atoms with E-state index in [0.717, 1.165) is 25.9 Å². The van der Waals surface area contributed by atoms with Gasteiger partial charge in [-0.3, -0.25) is 14.8 Å². The van der Waals surface area contributed by atoms with Crippen LogP contribution in [-0.4, -0.2) is 63.2 Å². The van der Waals surface area contributed by atoms with Crippen molar-refractivity contribution in [2.75, 3.05) is 19.6 Å². The summed E-state index contributed by atoms with van der Waals surface area (Å²) < 4.78 is 0. The fraction of sp³-hybridized carbons (Fsp3) is 0.667. The second kappa shape index (κ2) is 5.72. The van der Waals surface area contributed by atoms with Crippen molar-refractivity contribution in [1.29, 1.82) is 0 Å². The maximum atomic E-state index is 12.6. The zero-order valence-corrected chi connectivity index (χ0v) is 13.1. The van der Waals surface area contributed by atoms with Crippen molar-refractivity contribution in [1.82, 2.24) is 25.3 Å². The summed E-state index contributed by atoms with van der Waals surface area (Å²) in [5, 5.41) is 9.68. The van der Waals surface area contributed by atoms with E-state index in [4.69, 9.17) is 0 Å². The highest BCUT2D eigenvalue weighted by atomic mass is 16.2. The van der Waals surface area contributed by atoms with E-state index in [1.165, 1.54) is 10.5 Å². The quantitative estimate of drug-likeness (QED) is 0.787. The molecule has 0 aromatic carbocycles. The Morgan fingerprint density at radius 1 is 1.41 bits per heavy atom. The van der Waals surface area contributed by atoms with Crippen LogP contribution in [0, 0.1) is 0 Å². The van der Waals surface area contributed by atoms with Crippen LogP contribution in [0.3, 0.4) is 0 Å². The number of aromatic amines is 1. The molecule has 1 aromatic heterocycles. The largest absolute Gasteiger partial charge is 0.325 e. The van der Waals surface area contributed by atoms with Gasteiger partial charge in [-0.15, -0.1) is 0 Å². The number of nitrogens with one attached hydrogen (secondary N) is 2. The number of nitrogens with zero attached hydrogens (tertiary/aromatic N) is 3. The fourth-order valence-corrected chi connectivity index (χ4v) is 3.39. The van der Waals surface area contributed by atoms with E-state index < -0.39 is 5.54 Å². The molecule has 3 amide bonds. The van der Waals surface area contributed by atoms with Gasteiger partial charge in [-0.1, -0.05) is 0 Å². The molecule has 120 valence electrons. The van der Waals surface area contributed by atoms with Crippen LogP contribution in [0.4, 0.5) is 4.79 Å². The summed E-state index contributed by atoms with van der Waals surface area (Å²) in [6, 6.07) is -0.345. The second-order valence-electron chi connectivity index (χ2n) is 6.52. The highest BCUT2D eigenvalue weighted by molar-refractivity contribution is 6.07. The van der Waals surface area contributed by atoms with Crippen LogP contribution >= 0.6 is 0 Å². The first kappa shape index (κ1) is 15.0. The molecule has 2 fully saturated rings. The minimum Gasteiger partial charge on any atom is -0.322 e. The van der Waals surface area contributed by atoms with E-state index in [1.807, 2.05) is 26.2 Å². The average molecular weight is 305 g/mol. The van der Waals surface area contributed by atoms with Gasteiger partial charge in [0.1, 0.15) is 5.54 Å². The lowest BCUT2D eigenvalue weighted by molar-refractivity contribution is -0.132. The lowest BCUT2D eigenvalue weighted by Crippen LogP contribution is -2.49. The summed E-state index contributed by atoms with van der Waals surface area (Å²) in [6.45, 7) is 6.13. The molecule has 0 aliphatic carbocycles. The SMILES string of the molecule is CC(C)N1C(=O)N[C@@]2(CCN(CCCc3cn[nH]c3)C2)C1=O. The molecule has 7 heteroatoms. The van der Waals surface area contributed by atoms with Crippen molar-refractivity contribution in [3.8, 4) is 0 Å². The van der Waals surface area contributed by atoms with Crippen LogP contribution in [0.2, 0.25) is 0 Å². The monoisotopic (exact) mass is 305 g/mol. The summed E-state index contributed by atoms with van der Waals surface area (Å²) in [6.07, 6.45) is 6.44. The molecule has 2 aliphatic rings. The molecule has 7 nitrogen and oxygen atoms in total. The van der Waals surface area contributed by atoms with Gasteiger partial charge in [-0.05, 0) is 45.2 Å². The number of carbonyl (C=O) groups excluding carboxylic acids is 2. The molecule has 1 aromatic rings. The third-order valence-corrected chi connectivity index (χ3v) is 4.55. The van der Waals surface area contributed by atoms with E-state index in [-0.39, 0.29) is 18.0 Å². The summed E-state index contributed by atoms with van der Waals surface area (Å²) in [5.74, 6) is -0.0650. The van der Waals surface area contributed by atoms with Crippen LogP contribution in [0.15, 0.2) is 12.4 Å². The molecule has 22 heavy (non-hydrogen) atoms. The highest BCUT2D eigenvalue weighted by Crippen LogP contribution is 2.29. The number of rotatable bonds is 5. The Balaban J connectivity index is 1.55. The van der Waals surface area contributed by atoms with Crippen LogP contribution in [0.25, 0.3) is 0 Å². The van der Waals surface area contributed by atoms with E-state index in [1.54, 1.807) is 0 Å². The summed E-state index contributed by atoms with van der Waals surface area (Å²) in [7, 11) is 0. The zero-order valence-electron chi connectivity index (χ0n) is 13.1. The highest BCUT2D eigenvalue weighted by Gasteiger charge is 2.54. The number of H-pyrrole nitrogens is 1. The molecule has 0 unspecified atom stereocenters. The molecule has 1 atom stereocenters. The molecule has 3 heterocycles. The zero-order chi connectivity index (χ0) is 15.7. The maximum Gasteiger partial charge on any atom is 0.325 e. The van der Waals surface area contributed by atoms with Gasteiger partial charge in [-0.25, -0.2) is 4.79 Å². The molecule has 0 bridgehead atoms. The van der Waals surface area contributed by atoms with Crippen molar-refractivity contribution < 1.29 is 9.59 Å².